The maximum absolute atomic E-state index is 12.7. The molecular weight excluding hydrogens is 340 g/mol. The number of anilines is 1. The van der Waals surface area contributed by atoms with Crippen molar-refractivity contribution >= 4 is 23.5 Å². The Balaban J connectivity index is 1.68. The number of rotatable bonds is 7. The molecule has 2 aromatic rings. The van der Waals surface area contributed by atoms with Gasteiger partial charge in [-0.15, -0.1) is 5.10 Å². The number of nitrogens with one attached hydrogen (secondary N) is 2. The molecule has 2 atom stereocenters. The van der Waals surface area contributed by atoms with Gasteiger partial charge in [0.05, 0.1) is 17.9 Å². The van der Waals surface area contributed by atoms with E-state index in [0.717, 1.165) is 0 Å². The van der Waals surface area contributed by atoms with Crippen LogP contribution in [0.3, 0.4) is 0 Å². The van der Waals surface area contributed by atoms with Gasteiger partial charge in [0.2, 0.25) is 5.78 Å². The van der Waals surface area contributed by atoms with Gasteiger partial charge >= 0.3 is 6.01 Å². The normalized spacial score (nSPS) is 18.7. The van der Waals surface area contributed by atoms with E-state index in [2.05, 4.69) is 20.8 Å². The van der Waals surface area contributed by atoms with E-state index >= 15 is 0 Å². The summed E-state index contributed by atoms with van der Waals surface area (Å²) in [5.41, 5.74) is 0.636. The van der Waals surface area contributed by atoms with Gasteiger partial charge in [0.1, 0.15) is 6.26 Å². The second-order valence-corrected chi connectivity index (χ2v) is 6.57. The Labute approximate surface area is 149 Å². The number of nitrogens with zero attached hydrogens (tertiary/aromatic N) is 2. The third kappa shape index (κ3) is 3.81. The summed E-state index contributed by atoms with van der Waals surface area (Å²) in [5.74, 6) is -1.70. The largest absolute Gasteiger partial charge is 0.472 e. The van der Waals surface area contributed by atoms with Gasteiger partial charge in [0.15, 0.2) is 5.78 Å². The molecule has 26 heavy (non-hydrogen) atoms. The van der Waals surface area contributed by atoms with Crippen LogP contribution in [0.15, 0.2) is 27.4 Å². The van der Waals surface area contributed by atoms with E-state index in [1.54, 1.807) is 6.07 Å². The highest BCUT2D eigenvalue weighted by atomic mass is 16.4. The highest BCUT2D eigenvalue weighted by molar-refractivity contribution is 6.37. The van der Waals surface area contributed by atoms with E-state index < -0.39 is 23.7 Å². The van der Waals surface area contributed by atoms with Crippen molar-refractivity contribution in [3.63, 3.8) is 0 Å². The van der Waals surface area contributed by atoms with Crippen LogP contribution in [0.25, 0.3) is 11.5 Å². The van der Waals surface area contributed by atoms with Gasteiger partial charge in [-0.25, -0.2) is 0 Å². The van der Waals surface area contributed by atoms with Crippen molar-refractivity contribution in [1.82, 2.24) is 15.5 Å². The van der Waals surface area contributed by atoms with Crippen LogP contribution in [-0.2, 0) is 14.4 Å². The van der Waals surface area contributed by atoms with E-state index in [4.69, 9.17) is 8.83 Å². The monoisotopic (exact) mass is 360 g/mol. The Hall–Kier alpha value is -2.97. The van der Waals surface area contributed by atoms with E-state index in [9.17, 15) is 14.4 Å². The van der Waals surface area contributed by atoms with Gasteiger partial charge in [-0.05, 0) is 18.4 Å². The minimum absolute atomic E-state index is 0.00479. The van der Waals surface area contributed by atoms with Gasteiger partial charge in [-0.2, -0.15) is 0 Å². The van der Waals surface area contributed by atoms with Crippen molar-refractivity contribution < 1.29 is 23.2 Å². The summed E-state index contributed by atoms with van der Waals surface area (Å²) in [6.45, 7) is 4.15. The molecule has 3 heterocycles. The van der Waals surface area contributed by atoms with E-state index in [0.29, 0.717) is 18.5 Å². The number of amides is 1. The Bertz CT molecular complexity index is 796. The van der Waals surface area contributed by atoms with Crippen molar-refractivity contribution in [3.05, 3.63) is 18.6 Å². The smallest absolute Gasteiger partial charge is 0.316 e. The third-order valence-electron chi connectivity index (χ3n) is 4.31. The molecule has 9 nitrogen and oxygen atoms in total. The first-order valence-corrected chi connectivity index (χ1v) is 8.43. The fourth-order valence-corrected chi connectivity index (χ4v) is 2.86. The van der Waals surface area contributed by atoms with Gasteiger partial charge < -0.3 is 19.5 Å². The molecule has 9 heteroatoms. The standard InChI is InChI=1S/C17H20N4O5/c1-9(2)13(12(22)7-10-3-5-18-15(24)14(10)23)19-17-21-20-16(26-17)11-4-6-25-8-11/h4,6,8-10,13H,3,5,7H2,1-2H3,(H,18,24)(H,19,21). The van der Waals surface area contributed by atoms with Crippen molar-refractivity contribution in [2.24, 2.45) is 11.8 Å². The zero-order valence-electron chi connectivity index (χ0n) is 14.5. The fraction of sp³-hybridized carbons (Fsp3) is 0.471. The minimum atomic E-state index is -0.621. The highest BCUT2D eigenvalue weighted by Gasteiger charge is 2.34. The molecule has 0 aliphatic carbocycles. The Morgan fingerprint density at radius 1 is 1.38 bits per heavy atom. The number of piperidine rings is 1. The molecule has 0 bridgehead atoms. The van der Waals surface area contributed by atoms with Gasteiger partial charge in [-0.1, -0.05) is 18.9 Å². The zero-order chi connectivity index (χ0) is 18.7. The Morgan fingerprint density at radius 3 is 2.88 bits per heavy atom. The molecule has 0 aromatic carbocycles. The molecule has 1 amide bonds. The summed E-state index contributed by atoms with van der Waals surface area (Å²) in [7, 11) is 0. The summed E-state index contributed by atoms with van der Waals surface area (Å²) in [6, 6.07) is 1.19. The second-order valence-electron chi connectivity index (χ2n) is 6.57. The number of hydrogen-bond acceptors (Lipinski definition) is 8. The molecule has 1 aliphatic heterocycles. The lowest BCUT2D eigenvalue weighted by Gasteiger charge is -2.24. The molecule has 1 fully saturated rings. The van der Waals surface area contributed by atoms with E-state index in [-0.39, 0.29) is 30.0 Å². The molecular formula is C17H20N4O5. The predicted octanol–water partition coefficient (Wildman–Crippen LogP) is 1.43. The first-order chi connectivity index (χ1) is 12.5. The van der Waals surface area contributed by atoms with Gasteiger partial charge in [-0.3, -0.25) is 14.4 Å². The molecule has 0 radical (unpaired) electrons. The fourth-order valence-electron chi connectivity index (χ4n) is 2.86. The summed E-state index contributed by atoms with van der Waals surface area (Å²) in [5, 5.41) is 13.2. The topological polar surface area (TPSA) is 127 Å². The SMILES string of the molecule is CC(C)C(Nc1nnc(-c2ccoc2)o1)C(=O)CC1CCNC(=O)C1=O. The van der Waals surface area contributed by atoms with Gasteiger partial charge in [0, 0.05) is 18.9 Å². The van der Waals surface area contributed by atoms with E-state index in [1.165, 1.54) is 12.5 Å². The summed E-state index contributed by atoms with van der Waals surface area (Å²) in [4.78, 5) is 36.1. The maximum atomic E-state index is 12.7. The first kappa shape index (κ1) is 17.8. The highest BCUT2D eigenvalue weighted by Crippen LogP contribution is 2.23. The first-order valence-electron chi connectivity index (χ1n) is 8.43. The van der Waals surface area contributed by atoms with Crippen LogP contribution in [0.4, 0.5) is 6.01 Å². The molecule has 138 valence electrons. The van der Waals surface area contributed by atoms with Crippen molar-refractivity contribution in [3.8, 4) is 11.5 Å². The molecule has 1 saturated heterocycles. The Morgan fingerprint density at radius 2 is 2.19 bits per heavy atom. The number of hydrogen-bond donors (Lipinski definition) is 2. The molecule has 3 rings (SSSR count). The lowest BCUT2D eigenvalue weighted by Crippen LogP contribution is -2.45. The average molecular weight is 360 g/mol. The van der Waals surface area contributed by atoms with Crippen LogP contribution in [0.1, 0.15) is 26.7 Å². The molecule has 2 aromatic heterocycles. The third-order valence-corrected chi connectivity index (χ3v) is 4.31. The number of aromatic nitrogens is 2. The van der Waals surface area contributed by atoms with Crippen LogP contribution in [-0.4, -0.2) is 40.3 Å². The quantitative estimate of drug-likeness (QED) is 0.710. The van der Waals surface area contributed by atoms with Crippen LogP contribution in [0.2, 0.25) is 0 Å². The number of carbonyl (C=O) groups is 3. The lowest BCUT2D eigenvalue weighted by molar-refractivity contribution is -0.143. The molecule has 2 N–H and O–H groups in total. The van der Waals surface area contributed by atoms with Crippen molar-refractivity contribution in [2.45, 2.75) is 32.7 Å². The number of ketones is 2. The zero-order valence-corrected chi connectivity index (χ0v) is 14.5. The summed E-state index contributed by atoms with van der Waals surface area (Å²) in [6.07, 6.45) is 3.43. The van der Waals surface area contributed by atoms with Gasteiger partial charge in [0.25, 0.3) is 11.8 Å². The van der Waals surface area contributed by atoms with Crippen LogP contribution in [0, 0.1) is 11.8 Å². The summed E-state index contributed by atoms with van der Waals surface area (Å²) < 4.78 is 10.5. The molecule has 2 unspecified atom stereocenters. The second kappa shape index (κ2) is 7.51. The Kier molecular flexibility index (Phi) is 5.15. The number of carbonyl (C=O) groups excluding carboxylic acids is 3. The lowest BCUT2D eigenvalue weighted by atomic mass is 9.87. The van der Waals surface area contributed by atoms with Crippen LogP contribution < -0.4 is 10.6 Å². The van der Waals surface area contributed by atoms with Crippen LogP contribution in [0.5, 0.6) is 0 Å². The molecule has 0 spiro atoms. The summed E-state index contributed by atoms with van der Waals surface area (Å²) >= 11 is 0. The maximum Gasteiger partial charge on any atom is 0.316 e. The van der Waals surface area contributed by atoms with E-state index in [1.807, 2.05) is 13.8 Å². The van der Waals surface area contributed by atoms with Crippen molar-refractivity contribution in [2.75, 3.05) is 11.9 Å². The van der Waals surface area contributed by atoms with Crippen LogP contribution >= 0.6 is 0 Å². The molecule has 0 saturated carbocycles. The predicted molar refractivity (Wildman–Crippen MR) is 90.0 cm³/mol. The average Bonchev–Trinajstić information content (AvgIpc) is 3.27. The minimum Gasteiger partial charge on any atom is -0.472 e. The number of Topliss-reactive ketones (excluding diaryl/α,β-unsaturated/α-hetero) is 2. The van der Waals surface area contributed by atoms with Crippen molar-refractivity contribution in [1.29, 1.82) is 0 Å². The molecule has 1 aliphatic rings. The number of furan rings is 1.